The smallest absolute Gasteiger partial charge is 0.130 e. The van der Waals surface area contributed by atoms with E-state index in [0.717, 1.165) is 34.7 Å². The van der Waals surface area contributed by atoms with Gasteiger partial charge in [-0.1, -0.05) is 41.9 Å². The number of aromatic nitrogens is 1. The van der Waals surface area contributed by atoms with Crippen molar-refractivity contribution < 1.29 is 4.74 Å². The summed E-state index contributed by atoms with van der Waals surface area (Å²) in [6, 6.07) is 13.9. The number of benzene rings is 1. The minimum Gasteiger partial charge on any atom is -0.487 e. The van der Waals surface area contributed by atoms with Gasteiger partial charge in [-0.2, -0.15) is 0 Å². The van der Waals surface area contributed by atoms with Crippen LogP contribution in [0.2, 0.25) is 0 Å². The molecular weight excluding hydrogens is 328 g/mol. The zero-order valence-electron chi connectivity index (χ0n) is 12.5. The average molecular weight is 349 g/mol. The second kappa shape index (κ2) is 8.15. The molecule has 3 nitrogen and oxygen atoms in total. The molecule has 0 saturated heterocycles. The highest BCUT2D eigenvalue weighted by molar-refractivity contribution is 9.10. The Morgan fingerprint density at radius 1 is 1.14 bits per heavy atom. The van der Waals surface area contributed by atoms with E-state index in [1.807, 2.05) is 42.5 Å². The van der Waals surface area contributed by atoms with Gasteiger partial charge in [-0.3, -0.25) is 4.98 Å². The van der Waals surface area contributed by atoms with Gasteiger partial charge in [0, 0.05) is 11.0 Å². The number of pyridine rings is 1. The first kappa shape index (κ1) is 16.0. The van der Waals surface area contributed by atoms with E-state index in [1.54, 1.807) is 0 Å². The fourth-order valence-corrected chi connectivity index (χ4v) is 2.29. The number of nitrogens with one attached hydrogen (secondary N) is 1. The van der Waals surface area contributed by atoms with Crippen molar-refractivity contribution in [2.24, 2.45) is 5.92 Å². The minimum atomic E-state index is 0.481. The Morgan fingerprint density at radius 2 is 1.90 bits per heavy atom. The van der Waals surface area contributed by atoms with Gasteiger partial charge >= 0.3 is 0 Å². The molecule has 0 bridgehead atoms. The van der Waals surface area contributed by atoms with Gasteiger partial charge in [0.15, 0.2) is 0 Å². The van der Waals surface area contributed by atoms with E-state index in [9.17, 15) is 0 Å². The molecule has 0 aliphatic rings. The first-order chi connectivity index (χ1) is 10.1. The first-order valence-corrected chi connectivity index (χ1v) is 7.96. The maximum absolute atomic E-state index is 5.76. The van der Waals surface area contributed by atoms with Gasteiger partial charge in [0.25, 0.3) is 0 Å². The number of ether oxygens (including phenoxy) is 1. The average Bonchev–Trinajstić information content (AvgIpc) is 2.45. The second-order valence-corrected chi connectivity index (χ2v) is 6.31. The Balaban J connectivity index is 1.88. The number of rotatable bonds is 7. The highest BCUT2D eigenvalue weighted by Crippen LogP contribution is 2.18. The molecule has 0 radical (unpaired) electrons. The highest BCUT2D eigenvalue weighted by Gasteiger charge is 2.01. The summed E-state index contributed by atoms with van der Waals surface area (Å²) >= 11 is 3.44. The number of hydrogen-bond donors (Lipinski definition) is 1. The molecule has 1 heterocycles. The molecule has 0 spiro atoms. The number of hydrogen-bond acceptors (Lipinski definition) is 3. The van der Waals surface area contributed by atoms with Gasteiger partial charge in [-0.15, -0.1) is 0 Å². The second-order valence-electron chi connectivity index (χ2n) is 5.39. The molecule has 0 unspecified atom stereocenters. The van der Waals surface area contributed by atoms with E-state index in [2.05, 4.69) is 40.1 Å². The SMILES string of the molecule is CC(C)CNCc1cccc(COc2cccc(Br)c2)n1. The van der Waals surface area contributed by atoms with Crippen molar-refractivity contribution >= 4 is 15.9 Å². The van der Waals surface area contributed by atoms with Gasteiger partial charge in [0.1, 0.15) is 12.4 Å². The molecule has 1 aromatic heterocycles. The lowest BCUT2D eigenvalue weighted by Crippen LogP contribution is -2.19. The summed E-state index contributed by atoms with van der Waals surface area (Å²) < 4.78 is 6.77. The van der Waals surface area contributed by atoms with Crippen LogP contribution in [-0.4, -0.2) is 11.5 Å². The van der Waals surface area contributed by atoms with E-state index in [-0.39, 0.29) is 0 Å². The lowest BCUT2D eigenvalue weighted by atomic mass is 10.2. The van der Waals surface area contributed by atoms with Crippen molar-refractivity contribution in [3.8, 4) is 5.75 Å². The van der Waals surface area contributed by atoms with Crippen molar-refractivity contribution in [1.82, 2.24) is 10.3 Å². The fourth-order valence-electron chi connectivity index (χ4n) is 1.91. The quantitative estimate of drug-likeness (QED) is 0.815. The zero-order valence-corrected chi connectivity index (χ0v) is 14.1. The molecular formula is C17H21BrN2O. The summed E-state index contributed by atoms with van der Waals surface area (Å²) in [5.74, 6) is 1.49. The molecule has 0 aliphatic carbocycles. The molecule has 1 aromatic carbocycles. The molecule has 112 valence electrons. The predicted molar refractivity (Wildman–Crippen MR) is 89.3 cm³/mol. The van der Waals surface area contributed by atoms with E-state index < -0.39 is 0 Å². The molecule has 0 saturated carbocycles. The van der Waals surface area contributed by atoms with Crippen LogP contribution in [0, 0.1) is 5.92 Å². The maximum atomic E-state index is 5.76. The lowest BCUT2D eigenvalue weighted by Gasteiger charge is -2.09. The maximum Gasteiger partial charge on any atom is 0.130 e. The summed E-state index contributed by atoms with van der Waals surface area (Å²) in [6.07, 6.45) is 0. The molecule has 0 atom stereocenters. The number of nitrogens with zero attached hydrogens (tertiary/aromatic N) is 1. The van der Waals surface area contributed by atoms with Crippen LogP contribution in [-0.2, 0) is 13.2 Å². The van der Waals surface area contributed by atoms with Gasteiger partial charge in [0.2, 0.25) is 0 Å². The molecule has 1 N–H and O–H groups in total. The Morgan fingerprint density at radius 3 is 2.67 bits per heavy atom. The van der Waals surface area contributed by atoms with Crippen molar-refractivity contribution in [2.45, 2.75) is 27.0 Å². The largest absolute Gasteiger partial charge is 0.487 e. The fraction of sp³-hybridized carbons (Fsp3) is 0.353. The van der Waals surface area contributed by atoms with Crippen LogP contribution in [0.15, 0.2) is 46.9 Å². The first-order valence-electron chi connectivity index (χ1n) is 7.17. The molecule has 2 aromatic rings. The van der Waals surface area contributed by atoms with Crippen LogP contribution in [0.5, 0.6) is 5.75 Å². The van der Waals surface area contributed by atoms with Gasteiger partial charge in [-0.05, 0) is 42.8 Å². The molecule has 4 heteroatoms. The lowest BCUT2D eigenvalue weighted by molar-refractivity contribution is 0.300. The van der Waals surface area contributed by atoms with Gasteiger partial charge in [0.05, 0.1) is 11.4 Å². The van der Waals surface area contributed by atoms with E-state index in [4.69, 9.17) is 4.74 Å². The van der Waals surface area contributed by atoms with Crippen molar-refractivity contribution in [3.63, 3.8) is 0 Å². The van der Waals surface area contributed by atoms with Crippen LogP contribution in [0.3, 0.4) is 0 Å². The monoisotopic (exact) mass is 348 g/mol. The van der Waals surface area contributed by atoms with Crippen LogP contribution in [0.4, 0.5) is 0 Å². The Labute approximate surface area is 134 Å². The van der Waals surface area contributed by atoms with E-state index in [0.29, 0.717) is 12.5 Å². The molecule has 21 heavy (non-hydrogen) atoms. The standard InChI is InChI=1S/C17H21BrN2O/c1-13(2)10-19-11-15-6-4-7-16(20-15)12-21-17-8-3-5-14(18)9-17/h3-9,13,19H,10-12H2,1-2H3. The van der Waals surface area contributed by atoms with E-state index >= 15 is 0 Å². The number of halogens is 1. The summed E-state index contributed by atoms with van der Waals surface area (Å²) in [6.45, 7) is 6.67. The third kappa shape index (κ3) is 5.86. The van der Waals surface area contributed by atoms with E-state index in [1.165, 1.54) is 0 Å². The normalized spacial score (nSPS) is 10.9. The predicted octanol–water partition coefficient (Wildman–Crippen LogP) is 4.17. The van der Waals surface area contributed by atoms with Crippen molar-refractivity contribution in [2.75, 3.05) is 6.54 Å². The van der Waals surface area contributed by atoms with Gasteiger partial charge in [-0.25, -0.2) is 0 Å². The zero-order chi connectivity index (χ0) is 15.1. The summed E-state index contributed by atoms with van der Waals surface area (Å²) in [7, 11) is 0. The highest BCUT2D eigenvalue weighted by atomic mass is 79.9. The van der Waals surface area contributed by atoms with Crippen LogP contribution in [0.1, 0.15) is 25.2 Å². The Kier molecular flexibility index (Phi) is 6.21. The molecule has 2 rings (SSSR count). The van der Waals surface area contributed by atoms with Crippen molar-refractivity contribution in [3.05, 3.63) is 58.3 Å². The van der Waals surface area contributed by atoms with Crippen molar-refractivity contribution in [1.29, 1.82) is 0 Å². The minimum absolute atomic E-state index is 0.481. The topological polar surface area (TPSA) is 34.1 Å². The molecule has 0 aliphatic heterocycles. The molecule has 0 amide bonds. The summed E-state index contributed by atoms with van der Waals surface area (Å²) in [5.41, 5.74) is 1.99. The Bertz CT molecular complexity index is 572. The summed E-state index contributed by atoms with van der Waals surface area (Å²) in [4.78, 5) is 4.61. The van der Waals surface area contributed by atoms with Crippen LogP contribution in [0.25, 0.3) is 0 Å². The van der Waals surface area contributed by atoms with Gasteiger partial charge < -0.3 is 10.1 Å². The molecule has 0 fully saturated rings. The Hall–Kier alpha value is -1.39. The summed E-state index contributed by atoms with van der Waals surface area (Å²) in [5, 5.41) is 3.40. The van der Waals surface area contributed by atoms with Crippen LogP contribution >= 0.6 is 15.9 Å². The van der Waals surface area contributed by atoms with Crippen LogP contribution < -0.4 is 10.1 Å². The third-order valence-corrected chi connectivity index (χ3v) is 3.40. The third-order valence-electron chi connectivity index (χ3n) is 2.91.